The lowest BCUT2D eigenvalue weighted by atomic mass is 10.00. The quantitative estimate of drug-likeness (QED) is 0.604. The Labute approximate surface area is 207 Å². The van der Waals surface area contributed by atoms with Gasteiger partial charge in [-0.1, -0.05) is 18.2 Å². The SMILES string of the molecule is C[C@@H](NC(=O)c1cn([C@@]2(C)CCOC2)c(=O)cc1N[C@H]1[C@@H]2CN(C)C[C@@H]21)c1cccc(C(F)F)c1F. The van der Waals surface area contributed by atoms with Gasteiger partial charge in [0.05, 0.1) is 35.0 Å². The third-order valence-electron chi connectivity index (χ3n) is 7.88. The van der Waals surface area contributed by atoms with Crippen molar-refractivity contribution in [2.75, 3.05) is 38.7 Å². The minimum Gasteiger partial charge on any atom is -0.381 e. The molecule has 3 aliphatic rings. The van der Waals surface area contributed by atoms with E-state index in [9.17, 15) is 22.8 Å². The summed E-state index contributed by atoms with van der Waals surface area (Å²) >= 11 is 0. The predicted octanol–water partition coefficient (Wildman–Crippen LogP) is 3.52. The molecule has 1 amide bonds. The zero-order chi connectivity index (χ0) is 25.8. The van der Waals surface area contributed by atoms with E-state index in [1.54, 1.807) is 6.92 Å². The molecule has 1 aliphatic carbocycles. The molecule has 3 fully saturated rings. The van der Waals surface area contributed by atoms with Gasteiger partial charge in [0.1, 0.15) is 5.82 Å². The molecule has 2 saturated heterocycles. The van der Waals surface area contributed by atoms with Gasteiger partial charge in [0.2, 0.25) is 0 Å². The number of hydrogen-bond donors (Lipinski definition) is 2. The molecular weight excluding hydrogens is 473 g/mol. The summed E-state index contributed by atoms with van der Waals surface area (Å²) in [6.07, 6.45) is -0.793. The van der Waals surface area contributed by atoms with E-state index in [0.717, 1.165) is 19.2 Å². The van der Waals surface area contributed by atoms with E-state index < -0.39 is 35.3 Å². The Morgan fingerprint density at radius 1 is 1.22 bits per heavy atom. The van der Waals surface area contributed by atoms with E-state index in [1.165, 1.54) is 29.0 Å². The molecule has 194 valence electrons. The third kappa shape index (κ3) is 4.41. The van der Waals surface area contributed by atoms with Gasteiger partial charge in [-0.2, -0.15) is 0 Å². The number of alkyl halides is 2. The molecule has 2 N–H and O–H groups in total. The number of likely N-dealkylation sites (tertiary alicyclic amines) is 1. The van der Waals surface area contributed by atoms with Gasteiger partial charge in [-0.15, -0.1) is 0 Å². The molecule has 7 nitrogen and oxygen atoms in total. The number of benzene rings is 1. The highest BCUT2D eigenvalue weighted by Crippen LogP contribution is 2.47. The predicted molar refractivity (Wildman–Crippen MR) is 129 cm³/mol. The maximum atomic E-state index is 14.7. The molecule has 0 radical (unpaired) electrons. The highest BCUT2D eigenvalue weighted by Gasteiger charge is 2.55. The van der Waals surface area contributed by atoms with Crippen molar-refractivity contribution >= 4 is 11.6 Å². The van der Waals surface area contributed by atoms with Crippen molar-refractivity contribution in [3.63, 3.8) is 0 Å². The van der Waals surface area contributed by atoms with Gasteiger partial charge >= 0.3 is 0 Å². The van der Waals surface area contributed by atoms with Gasteiger partial charge in [-0.05, 0) is 39.2 Å². The summed E-state index contributed by atoms with van der Waals surface area (Å²) in [5.41, 5.74) is -0.893. The topological polar surface area (TPSA) is 75.6 Å². The fourth-order valence-electron chi connectivity index (χ4n) is 5.66. The lowest BCUT2D eigenvalue weighted by Gasteiger charge is -2.27. The van der Waals surface area contributed by atoms with Gasteiger partial charge < -0.3 is 24.8 Å². The average molecular weight is 505 g/mol. The van der Waals surface area contributed by atoms with Crippen LogP contribution in [-0.2, 0) is 10.3 Å². The summed E-state index contributed by atoms with van der Waals surface area (Å²) < 4.78 is 48.1. The second kappa shape index (κ2) is 9.23. The highest BCUT2D eigenvalue weighted by atomic mass is 19.3. The number of aromatic nitrogens is 1. The lowest BCUT2D eigenvalue weighted by molar-refractivity contribution is 0.0938. The summed E-state index contributed by atoms with van der Waals surface area (Å²) in [7, 11) is 2.07. The molecule has 0 bridgehead atoms. The van der Waals surface area contributed by atoms with Crippen LogP contribution >= 0.6 is 0 Å². The van der Waals surface area contributed by atoms with Crippen molar-refractivity contribution in [1.29, 1.82) is 0 Å². The fourth-order valence-corrected chi connectivity index (χ4v) is 5.66. The first kappa shape index (κ1) is 24.8. The number of amides is 1. The Kier molecular flexibility index (Phi) is 6.36. The largest absolute Gasteiger partial charge is 0.381 e. The summed E-state index contributed by atoms with van der Waals surface area (Å²) in [4.78, 5) is 28.8. The van der Waals surface area contributed by atoms with Crippen LogP contribution in [0.1, 0.15) is 54.2 Å². The first-order chi connectivity index (χ1) is 17.1. The Hall–Kier alpha value is -2.85. The Bertz CT molecular complexity index is 1220. The Morgan fingerprint density at radius 3 is 2.56 bits per heavy atom. The van der Waals surface area contributed by atoms with Crippen molar-refractivity contribution in [1.82, 2.24) is 14.8 Å². The number of nitrogens with one attached hydrogen (secondary N) is 2. The lowest BCUT2D eigenvalue weighted by Crippen LogP contribution is -2.40. The number of piperidine rings is 1. The molecule has 2 aromatic rings. The smallest absolute Gasteiger partial charge is 0.266 e. The van der Waals surface area contributed by atoms with Crippen LogP contribution in [0.25, 0.3) is 0 Å². The second-order valence-corrected chi connectivity index (χ2v) is 10.6. The summed E-state index contributed by atoms with van der Waals surface area (Å²) in [5.74, 6) is -0.640. The van der Waals surface area contributed by atoms with Gasteiger partial charge in [0.25, 0.3) is 17.9 Å². The molecule has 5 atom stereocenters. The summed E-state index contributed by atoms with van der Waals surface area (Å²) in [6, 6.07) is 4.50. The van der Waals surface area contributed by atoms with Crippen molar-refractivity contribution in [3.8, 4) is 0 Å². The third-order valence-corrected chi connectivity index (χ3v) is 7.88. The molecule has 10 heteroatoms. The molecular formula is C26H31F3N4O3. The van der Waals surface area contributed by atoms with Crippen LogP contribution in [0.15, 0.2) is 35.3 Å². The molecule has 5 rings (SSSR count). The number of halogens is 3. The van der Waals surface area contributed by atoms with E-state index in [1.807, 2.05) is 6.92 Å². The maximum absolute atomic E-state index is 14.7. The molecule has 1 saturated carbocycles. The molecule has 0 unspecified atom stereocenters. The van der Waals surface area contributed by atoms with Crippen LogP contribution in [0.4, 0.5) is 18.9 Å². The monoisotopic (exact) mass is 504 g/mol. The average Bonchev–Trinajstić information content (AvgIpc) is 3.14. The summed E-state index contributed by atoms with van der Waals surface area (Å²) in [6.45, 7) is 6.22. The standard InChI is InChI=1S/C26H31F3N4O3/c1-14(15-5-4-6-16(22(15)27)24(28)29)30-25(35)19-12-33(26(2)7-8-36-13-26)21(34)9-20(19)31-23-17-10-32(3)11-18(17)23/h4-6,9,12,14,17-18,23-24,31H,7-8,10-11,13H2,1-3H3,(H,30,35)/t14-,17-,18+,23+,26+/m1/s1. The van der Waals surface area contributed by atoms with E-state index >= 15 is 0 Å². The van der Waals surface area contributed by atoms with Crippen molar-refractivity contribution in [2.24, 2.45) is 11.8 Å². The molecule has 0 spiro atoms. The number of hydrogen-bond acceptors (Lipinski definition) is 5. The van der Waals surface area contributed by atoms with Gasteiger partial charge in [-0.25, -0.2) is 13.2 Å². The number of carbonyl (C=O) groups is 1. The normalized spacial score (nSPS) is 28.2. The molecule has 1 aromatic carbocycles. The highest BCUT2D eigenvalue weighted by molar-refractivity contribution is 5.99. The van der Waals surface area contributed by atoms with Crippen LogP contribution in [0.3, 0.4) is 0 Å². The van der Waals surface area contributed by atoms with E-state index in [0.29, 0.717) is 37.2 Å². The number of pyridine rings is 1. The first-order valence-electron chi connectivity index (χ1n) is 12.3. The van der Waals surface area contributed by atoms with Crippen molar-refractivity contribution in [3.05, 3.63) is 63.3 Å². The Morgan fingerprint density at radius 2 is 1.92 bits per heavy atom. The number of fused-ring (bicyclic) bond motifs is 1. The van der Waals surface area contributed by atoms with Gasteiger partial charge in [0, 0.05) is 43.6 Å². The van der Waals surface area contributed by atoms with Crippen LogP contribution in [0.2, 0.25) is 0 Å². The van der Waals surface area contributed by atoms with Crippen LogP contribution < -0.4 is 16.2 Å². The molecule has 1 aromatic heterocycles. The molecule has 2 aliphatic heterocycles. The van der Waals surface area contributed by atoms with E-state index in [2.05, 4.69) is 22.6 Å². The minimum atomic E-state index is -2.96. The Balaban J connectivity index is 1.45. The zero-order valence-corrected chi connectivity index (χ0v) is 20.6. The van der Waals surface area contributed by atoms with E-state index in [-0.39, 0.29) is 22.7 Å². The van der Waals surface area contributed by atoms with Crippen LogP contribution in [-0.4, -0.2) is 54.8 Å². The van der Waals surface area contributed by atoms with Crippen molar-refractivity contribution in [2.45, 2.75) is 44.3 Å². The van der Waals surface area contributed by atoms with Crippen LogP contribution in [0, 0.1) is 17.7 Å². The number of carbonyl (C=O) groups excluding carboxylic acids is 1. The summed E-state index contributed by atoms with van der Waals surface area (Å²) in [5, 5.41) is 6.14. The van der Waals surface area contributed by atoms with Crippen molar-refractivity contribution < 1.29 is 22.7 Å². The number of rotatable bonds is 7. The van der Waals surface area contributed by atoms with Gasteiger partial charge in [-0.3, -0.25) is 9.59 Å². The second-order valence-electron chi connectivity index (χ2n) is 10.6. The van der Waals surface area contributed by atoms with E-state index in [4.69, 9.17) is 4.74 Å². The number of ether oxygens (including phenoxy) is 1. The fraction of sp³-hybridized carbons (Fsp3) is 0.538. The number of nitrogens with zero attached hydrogens (tertiary/aromatic N) is 2. The number of anilines is 1. The first-order valence-corrected chi connectivity index (χ1v) is 12.3. The maximum Gasteiger partial charge on any atom is 0.266 e. The minimum absolute atomic E-state index is 0.0279. The van der Waals surface area contributed by atoms with Gasteiger partial charge in [0.15, 0.2) is 0 Å². The molecule has 36 heavy (non-hydrogen) atoms. The zero-order valence-electron chi connectivity index (χ0n) is 20.6. The van der Waals surface area contributed by atoms with Crippen LogP contribution in [0.5, 0.6) is 0 Å². The molecule has 3 heterocycles.